The highest BCUT2D eigenvalue weighted by Gasteiger charge is 2.43. The van der Waals surface area contributed by atoms with Gasteiger partial charge in [-0.1, -0.05) is 23.2 Å². The van der Waals surface area contributed by atoms with Crippen LogP contribution in [-0.2, 0) is 6.42 Å². The van der Waals surface area contributed by atoms with Gasteiger partial charge in [0.05, 0.1) is 11.7 Å². The van der Waals surface area contributed by atoms with Crippen molar-refractivity contribution in [1.82, 2.24) is 25.0 Å². The van der Waals surface area contributed by atoms with Gasteiger partial charge < -0.3 is 10.1 Å². The molecule has 3 aromatic rings. The molecule has 6 rings (SSSR count). The van der Waals surface area contributed by atoms with Crippen LogP contribution >= 0.6 is 23.2 Å². The molecule has 2 aliphatic heterocycles. The summed E-state index contributed by atoms with van der Waals surface area (Å²) in [5.41, 5.74) is 3.21. The summed E-state index contributed by atoms with van der Waals surface area (Å²) < 4.78 is 8.35. The van der Waals surface area contributed by atoms with Gasteiger partial charge in [-0.15, -0.1) is 0 Å². The van der Waals surface area contributed by atoms with E-state index in [2.05, 4.69) is 20.3 Å². The Balaban J connectivity index is 1.31. The summed E-state index contributed by atoms with van der Waals surface area (Å²) in [5, 5.41) is 9.30. The lowest BCUT2D eigenvalue weighted by Crippen LogP contribution is -2.55. The standard InChI is InChI=1S/C23H23Cl2N5O/c24-14-7-20-19(21(25)8-14)9-22(29-10-15-1-2-16(11-29)28-15)23(20)31-18-5-3-17(4-6-18)30-13-26-12-27-30/h3-8,12-13,15-16,22-23,28H,1-2,9-11H2/t15?,16?,22-,23+/m0/s1. The minimum Gasteiger partial charge on any atom is -0.484 e. The molecule has 2 bridgehead atoms. The van der Waals surface area contributed by atoms with E-state index in [0.717, 1.165) is 47.1 Å². The van der Waals surface area contributed by atoms with Crippen LogP contribution in [0.25, 0.3) is 5.69 Å². The molecule has 31 heavy (non-hydrogen) atoms. The second kappa shape index (κ2) is 7.78. The smallest absolute Gasteiger partial charge is 0.140 e. The number of nitrogens with zero attached hydrogens (tertiary/aromatic N) is 4. The molecule has 2 saturated heterocycles. The van der Waals surface area contributed by atoms with Crippen molar-refractivity contribution in [2.75, 3.05) is 13.1 Å². The third-order valence-corrected chi connectivity index (χ3v) is 7.32. The number of fused-ring (bicyclic) bond motifs is 3. The van der Waals surface area contributed by atoms with Crippen molar-refractivity contribution in [2.45, 2.75) is 43.5 Å². The van der Waals surface area contributed by atoms with Crippen LogP contribution in [0.4, 0.5) is 0 Å². The van der Waals surface area contributed by atoms with Crippen LogP contribution < -0.4 is 10.1 Å². The molecule has 3 heterocycles. The van der Waals surface area contributed by atoms with E-state index in [4.69, 9.17) is 27.9 Å². The number of ether oxygens (including phenoxy) is 1. The van der Waals surface area contributed by atoms with E-state index < -0.39 is 0 Å². The zero-order valence-corrected chi connectivity index (χ0v) is 18.4. The Hall–Kier alpha value is -2.12. The van der Waals surface area contributed by atoms with Gasteiger partial charge in [-0.25, -0.2) is 9.67 Å². The number of aromatic nitrogens is 3. The first-order valence-corrected chi connectivity index (χ1v) is 11.5. The van der Waals surface area contributed by atoms with Crippen molar-refractivity contribution in [3.05, 3.63) is 70.2 Å². The Morgan fingerprint density at radius 3 is 2.52 bits per heavy atom. The average Bonchev–Trinajstić information content (AvgIpc) is 3.49. The zero-order chi connectivity index (χ0) is 20.9. The van der Waals surface area contributed by atoms with Crippen molar-refractivity contribution in [2.24, 2.45) is 0 Å². The van der Waals surface area contributed by atoms with Crippen LogP contribution in [0.1, 0.15) is 30.1 Å². The number of likely N-dealkylation sites (tertiary alicyclic amines) is 1. The van der Waals surface area contributed by atoms with Gasteiger partial charge in [0.25, 0.3) is 0 Å². The quantitative estimate of drug-likeness (QED) is 0.642. The molecule has 6 nitrogen and oxygen atoms in total. The number of rotatable bonds is 4. The Morgan fingerprint density at radius 1 is 1.03 bits per heavy atom. The van der Waals surface area contributed by atoms with E-state index in [0.29, 0.717) is 17.1 Å². The number of nitrogens with one attached hydrogen (secondary N) is 1. The molecule has 2 fully saturated rings. The molecule has 2 unspecified atom stereocenters. The molecule has 1 N–H and O–H groups in total. The number of hydrogen-bond donors (Lipinski definition) is 1. The first kappa shape index (κ1) is 19.6. The van der Waals surface area contributed by atoms with Crippen molar-refractivity contribution in [3.8, 4) is 11.4 Å². The molecule has 1 aromatic heterocycles. The van der Waals surface area contributed by atoms with Gasteiger partial charge in [0.2, 0.25) is 0 Å². The van der Waals surface area contributed by atoms with Gasteiger partial charge in [-0.05, 0) is 61.2 Å². The van der Waals surface area contributed by atoms with Crippen LogP contribution in [0.15, 0.2) is 49.1 Å². The molecule has 1 aliphatic carbocycles. The van der Waals surface area contributed by atoms with Gasteiger partial charge >= 0.3 is 0 Å². The third-order valence-electron chi connectivity index (χ3n) is 6.76. The SMILES string of the molecule is Clc1cc(Cl)c2c(c1)[C@@H](Oc1ccc(-n3cncn3)cc1)[C@@H](N1CC3CCC(C1)N3)C2. The summed E-state index contributed by atoms with van der Waals surface area (Å²) >= 11 is 13.0. The number of hydrogen-bond acceptors (Lipinski definition) is 5. The number of halogens is 2. The molecule has 0 amide bonds. The van der Waals surface area contributed by atoms with Crippen molar-refractivity contribution in [3.63, 3.8) is 0 Å². The highest BCUT2D eigenvalue weighted by molar-refractivity contribution is 6.35. The predicted octanol–water partition coefficient (Wildman–Crippen LogP) is 4.06. The molecule has 4 atom stereocenters. The van der Waals surface area contributed by atoms with Crippen molar-refractivity contribution < 1.29 is 4.74 Å². The van der Waals surface area contributed by atoms with Gasteiger partial charge in [0.15, 0.2) is 0 Å². The van der Waals surface area contributed by atoms with E-state index in [1.165, 1.54) is 19.2 Å². The van der Waals surface area contributed by atoms with Crippen LogP contribution in [0.2, 0.25) is 10.0 Å². The fraction of sp³-hybridized carbons (Fsp3) is 0.391. The van der Waals surface area contributed by atoms with Gasteiger partial charge in [0, 0.05) is 40.8 Å². The van der Waals surface area contributed by atoms with Crippen LogP contribution in [-0.4, -0.2) is 50.9 Å². The molecule has 8 heteroatoms. The maximum absolute atomic E-state index is 6.62. The Labute approximate surface area is 191 Å². The number of benzene rings is 2. The molecule has 160 valence electrons. The molecule has 0 spiro atoms. The maximum Gasteiger partial charge on any atom is 0.140 e. The van der Waals surface area contributed by atoms with E-state index >= 15 is 0 Å². The third kappa shape index (κ3) is 3.61. The Bertz CT molecular complexity index is 1080. The first-order valence-electron chi connectivity index (χ1n) is 10.7. The normalized spacial score (nSPS) is 27.4. The molecular weight excluding hydrogens is 433 g/mol. The van der Waals surface area contributed by atoms with E-state index in [1.807, 2.05) is 36.4 Å². The van der Waals surface area contributed by atoms with Gasteiger partial charge in [0.1, 0.15) is 24.5 Å². The van der Waals surface area contributed by atoms with Gasteiger partial charge in [-0.3, -0.25) is 4.90 Å². The topological polar surface area (TPSA) is 55.2 Å². The largest absolute Gasteiger partial charge is 0.484 e. The summed E-state index contributed by atoms with van der Waals surface area (Å²) in [6.07, 6.45) is 6.49. The monoisotopic (exact) mass is 455 g/mol. The van der Waals surface area contributed by atoms with Crippen molar-refractivity contribution in [1.29, 1.82) is 0 Å². The minimum absolute atomic E-state index is 0.110. The van der Waals surface area contributed by atoms with Crippen molar-refractivity contribution >= 4 is 23.2 Å². The molecule has 0 radical (unpaired) electrons. The first-order chi connectivity index (χ1) is 15.1. The maximum atomic E-state index is 6.62. The van der Waals surface area contributed by atoms with Gasteiger partial charge in [-0.2, -0.15) is 5.10 Å². The average molecular weight is 456 g/mol. The highest BCUT2D eigenvalue weighted by Crippen LogP contribution is 2.43. The summed E-state index contributed by atoms with van der Waals surface area (Å²) in [5.74, 6) is 0.820. The second-order valence-corrected chi connectivity index (χ2v) is 9.53. The Morgan fingerprint density at radius 2 is 1.81 bits per heavy atom. The summed E-state index contributed by atoms with van der Waals surface area (Å²) in [6.45, 7) is 2.09. The predicted molar refractivity (Wildman–Crippen MR) is 120 cm³/mol. The molecule has 2 aromatic carbocycles. The summed E-state index contributed by atoms with van der Waals surface area (Å²) in [6, 6.07) is 13.2. The van der Waals surface area contributed by atoms with E-state index in [1.54, 1.807) is 11.0 Å². The second-order valence-electron chi connectivity index (χ2n) is 8.69. The van der Waals surface area contributed by atoms with Crippen LogP contribution in [0.3, 0.4) is 0 Å². The lowest BCUT2D eigenvalue weighted by atomic mass is 10.1. The van der Waals surface area contributed by atoms with Crippen LogP contribution in [0, 0.1) is 0 Å². The molecule has 0 saturated carbocycles. The number of piperazine rings is 1. The molecular formula is C23H23Cl2N5O. The van der Waals surface area contributed by atoms with E-state index in [9.17, 15) is 0 Å². The lowest BCUT2D eigenvalue weighted by molar-refractivity contribution is 0.0555. The minimum atomic E-state index is -0.110. The lowest BCUT2D eigenvalue weighted by Gasteiger charge is -2.39. The fourth-order valence-electron chi connectivity index (χ4n) is 5.35. The highest BCUT2D eigenvalue weighted by atomic mass is 35.5. The fourth-order valence-corrected chi connectivity index (χ4v) is 5.93. The van der Waals surface area contributed by atoms with E-state index in [-0.39, 0.29) is 12.1 Å². The summed E-state index contributed by atoms with van der Waals surface area (Å²) in [7, 11) is 0. The molecule has 3 aliphatic rings. The Kier molecular flexibility index (Phi) is 4.91. The zero-order valence-electron chi connectivity index (χ0n) is 16.9. The van der Waals surface area contributed by atoms with Crippen LogP contribution in [0.5, 0.6) is 5.75 Å². The summed E-state index contributed by atoms with van der Waals surface area (Å²) in [4.78, 5) is 6.60.